The van der Waals surface area contributed by atoms with E-state index in [9.17, 15) is 4.79 Å². The van der Waals surface area contributed by atoms with Crippen molar-refractivity contribution in [3.63, 3.8) is 0 Å². The van der Waals surface area contributed by atoms with Gasteiger partial charge >= 0.3 is 5.97 Å². The molecule has 0 saturated carbocycles. The molecule has 1 saturated heterocycles. The third-order valence-corrected chi connectivity index (χ3v) is 1.62. The van der Waals surface area contributed by atoms with E-state index in [0.29, 0.717) is 6.54 Å². The lowest BCUT2D eigenvalue weighted by Crippen LogP contribution is -2.47. The van der Waals surface area contributed by atoms with Crippen molar-refractivity contribution in [3.8, 4) is 0 Å². The van der Waals surface area contributed by atoms with Crippen molar-refractivity contribution in [2.24, 2.45) is 0 Å². The summed E-state index contributed by atoms with van der Waals surface area (Å²) in [4.78, 5) is 10.9. The molecule has 2 unspecified atom stereocenters. The molecule has 1 heterocycles. The van der Waals surface area contributed by atoms with Gasteiger partial charge in [-0.15, -0.1) is 0 Å². The molecule has 0 spiro atoms. The number of nitrogens with one attached hydrogen (secondary N) is 1. The van der Waals surface area contributed by atoms with Crippen LogP contribution in [0.5, 0.6) is 0 Å². The van der Waals surface area contributed by atoms with Gasteiger partial charge in [-0.1, -0.05) is 0 Å². The molecule has 0 radical (unpaired) electrons. The third-order valence-electron chi connectivity index (χ3n) is 1.62. The van der Waals surface area contributed by atoms with Gasteiger partial charge in [-0.3, -0.25) is 0 Å². The van der Waals surface area contributed by atoms with Crippen molar-refractivity contribution in [1.82, 2.24) is 5.32 Å². The van der Waals surface area contributed by atoms with Crippen LogP contribution in [0.4, 0.5) is 0 Å². The minimum absolute atomic E-state index is 0.0906. The Morgan fingerprint density at radius 3 is 2.91 bits per heavy atom. The molecular weight excluding hydrogens is 146 g/mol. The quantitative estimate of drug-likeness (QED) is 0.526. The summed E-state index contributed by atoms with van der Waals surface area (Å²) in [5, 5.41) is 3.07. The highest BCUT2D eigenvalue weighted by atomic mass is 16.6. The van der Waals surface area contributed by atoms with Crippen LogP contribution in [-0.2, 0) is 14.3 Å². The fraction of sp³-hybridized carbons (Fsp3) is 0.857. The van der Waals surface area contributed by atoms with Crippen LogP contribution in [0.25, 0.3) is 0 Å². The molecule has 1 N–H and O–H groups in total. The summed E-state index contributed by atoms with van der Waals surface area (Å²) in [5.74, 6) is -0.302. The van der Waals surface area contributed by atoms with E-state index in [4.69, 9.17) is 4.74 Å². The highest BCUT2D eigenvalue weighted by Crippen LogP contribution is 2.03. The molecule has 4 nitrogen and oxygen atoms in total. The number of morpholine rings is 1. The average molecular weight is 159 g/mol. The fourth-order valence-corrected chi connectivity index (χ4v) is 1.06. The lowest BCUT2D eigenvalue weighted by molar-refractivity contribution is -0.159. The first-order chi connectivity index (χ1) is 5.24. The predicted octanol–water partition coefficient (Wildman–Crippen LogP) is -0.464. The van der Waals surface area contributed by atoms with Gasteiger partial charge in [0.2, 0.25) is 0 Å². The summed E-state index contributed by atoms with van der Waals surface area (Å²) >= 11 is 0. The summed E-state index contributed by atoms with van der Waals surface area (Å²) in [6.07, 6.45) is -0.336. The maximum Gasteiger partial charge on any atom is 0.336 e. The molecule has 0 amide bonds. The number of hydrogen-bond donors (Lipinski definition) is 1. The maximum atomic E-state index is 10.9. The summed E-state index contributed by atoms with van der Waals surface area (Å²) < 4.78 is 9.84. The standard InChI is InChI=1S/C7H13NO3/c1-5-3-8-4-6(11-5)7(9)10-2/h5-6,8H,3-4H2,1-2H3. The minimum Gasteiger partial charge on any atom is -0.467 e. The molecular formula is C7H13NO3. The molecule has 0 aliphatic carbocycles. The smallest absolute Gasteiger partial charge is 0.336 e. The van der Waals surface area contributed by atoms with E-state index >= 15 is 0 Å². The molecule has 1 aliphatic rings. The Morgan fingerprint density at radius 2 is 2.36 bits per heavy atom. The number of ether oxygens (including phenoxy) is 2. The zero-order chi connectivity index (χ0) is 8.27. The lowest BCUT2D eigenvalue weighted by atomic mass is 10.2. The van der Waals surface area contributed by atoms with Crippen LogP contribution in [0, 0.1) is 0 Å². The molecule has 11 heavy (non-hydrogen) atoms. The monoisotopic (exact) mass is 159 g/mol. The summed E-state index contributed by atoms with van der Waals surface area (Å²) in [6.45, 7) is 3.27. The fourth-order valence-electron chi connectivity index (χ4n) is 1.06. The molecule has 0 aromatic carbocycles. The normalized spacial score (nSPS) is 31.5. The number of hydrogen-bond acceptors (Lipinski definition) is 4. The molecule has 0 aromatic heterocycles. The Labute approximate surface area is 65.9 Å². The second kappa shape index (κ2) is 3.69. The first-order valence-corrected chi connectivity index (χ1v) is 3.68. The van der Waals surface area contributed by atoms with Gasteiger partial charge < -0.3 is 14.8 Å². The molecule has 4 heteroatoms. The van der Waals surface area contributed by atoms with Crippen LogP contribution >= 0.6 is 0 Å². The Kier molecular flexibility index (Phi) is 2.84. The first kappa shape index (κ1) is 8.49. The topological polar surface area (TPSA) is 47.6 Å². The van der Waals surface area contributed by atoms with Crippen molar-refractivity contribution in [2.75, 3.05) is 20.2 Å². The van der Waals surface area contributed by atoms with E-state index in [0.717, 1.165) is 6.54 Å². The minimum atomic E-state index is -0.427. The molecule has 1 rings (SSSR count). The predicted molar refractivity (Wildman–Crippen MR) is 39.2 cm³/mol. The zero-order valence-corrected chi connectivity index (χ0v) is 6.79. The largest absolute Gasteiger partial charge is 0.467 e. The van der Waals surface area contributed by atoms with Crippen molar-refractivity contribution in [2.45, 2.75) is 19.1 Å². The number of carbonyl (C=O) groups is 1. The van der Waals surface area contributed by atoms with Gasteiger partial charge in [-0.05, 0) is 6.92 Å². The van der Waals surface area contributed by atoms with Gasteiger partial charge in [0.25, 0.3) is 0 Å². The highest BCUT2D eigenvalue weighted by molar-refractivity contribution is 5.74. The Hall–Kier alpha value is -0.610. The van der Waals surface area contributed by atoms with Gasteiger partial charge in [0.05, 0.1) is 13.2 Å². The van der Waals surface area contributed by atoms with Crippen LogP contribution in [0.2, 0.25) is 0 Å². The average Bonchev–Trinajstić information content (AvgIpc) is 2.03. The summed E-state index contributed by atoms with van der Waals surface area (Å²) in [7, 11) is 1.37. The lowest BCUT2D eigenvalue weighted by Gasteiger charge is -2.26. The van der Waals surface area contributed by atoms with Crippen LogP contribution in [0.15, 0.2) is 0 Å². The SMILES string of the molecule is COC(=O)C1CNCC(C)O1. The van der Waals surface area contributed by atoms with Gasteiger partial charge in [0.1, 0.15) is 0 Å². The van der Waals surface area contributed by atoms with Crippen molar-refractivity contribution in [1.29, 1.82) is 0 Å². The van der Waals surface area contributed by atoms with Crippen LogP contribution in [0.1, 0.15) is 6.92 Å². The molecule has 0 aromatic rings. The van der Waals surface area contributed by atoms with Gasteiger partial charge in [0, 0.05) is 13.1 Å². The third kappa shape index (κ3) is 2.17. The van der Waals surface area contributed by atoms with Gasteiger partial charge in [0.15, 0.2) is 6.10 Å². The number of esters is 1. The van der Waals surface area contributed by atoms with E-state index in [-0.39, 0.29) is 12.1 Å². The zero-order valence-electron chi connectivity index (χ0n) is 6.79. The van der Waals surface area contributed by atoms with Crippen LogP contribution in [0.3, 0.4) is 0 Å². The molecule has 64 valence electrons. The number of rotatable bonds is 1. The maximum absolute atomic E-state index is 10.9. The summed E-state index contributed by atoms with van der Waals surface area (Å²) in [6, 6.07) is 0. The van der Waals surface area contributed by atoms with E-state index in [2.05, 4.69) is 10.1 Å². The molecule has 0 bridgehead atoms. The Balaban J connectivity index is 2.39. The van der Waals surface area contributed by atoms with Gasteiger partial charge in [-0.25, -0.2) is 4.79 Å². The first-order valence-electron chi connectivity index (χ1n) is 3.68. The van der Waals surface area contributed by atoms with E-state index in [1.807, 2.05) is 6.92 Å². The van der Waals surface area contributed by atoms with Crippen LogP contribution < -0.4 is 5.32 Å². The second-order valence-corrected chi connectivity index (χ2v) is 2.62. The Bertz CT molecular complexity index is 149. The number of carbonyl (C=O) groups excluding carboxylic acids is 1. The summed E-state index contributed by atoms with van der Waals surface area (Å²) in [5.41, 5.74) is 0. The second-order valence-electron chi connectivity index (χ2n) is 2.62. The molecule has 1 fully saturated rings. The molecule has 1 aliphatic heterocycles. The highest BCUT2D eigenvalue weighted by Gasteiger charge is 2.25. The van der Waals surface area contributed by atoms with E-state index in [1.165, 1.54) is 7.11 Å². The number of methoxy groups -OCH3 is 1. The van der Waals surface area contributed by atoms with Crippen molar-refractivity contribution >= 4 is 5.97 Å². The van der Waals surface area contributed by atoms with Crippen LogP contribution in [-0.4, -0.2) is 38.4 Å². The van der Waals surface area contributed by atoms with E-state index in [1.54, 1.807) is 0 Å². The van der Waals surface area contributed by atoms with Crippen molar-refractivity contribution in [3.05, 3.63) is 0 Å². The van der Waals surface area contributed by atoms with Gasteiger partial charge in [-0.2, -0.15) is 0 Å². The van der Waals surface area contributed by atoms with Crippen molar-refractivity contribution < 1.29 is 14.3 Å². The molecule has 2 atom stereocenters. The Morgan fingerprint density at radius 1 is 1.64 bits per heavy atom. The van der Waals surface area contributed by atoms with E-state index < -0.39 is 6.10 Å².